The lowest BCUT2D eigenvalue weighted by Gasteiger charge is -2.22. The molecule has 0 heterocycles. The summed E-state index contributed by atoms with van der Waals surface area (Å²) in [5, 5.41) is 3.45. The van der Waals surface area contributed by atoms with E-state index in [4.69, 9.17) is 9.47 Å². The van der Waals surface area contributed by atoms with Crippen LogP contribution in [0.15, 0.2) is 18.2 Å². The van der Waals surface area contributed by atoms with Crippen LogP contribution < -0.4 is 14.8 Å². The molecule has 19 heavy (non-hydrogen) atoms. The van der Waals surface area contributed by atoms with Gasteiger partial charge >= 0.3 is 0 Å². The lowest BCUT2D eigenvalue weighted by molar-refractivity contribution is 0.224. The lowest BCUT2D eigenvalue weighted by atomic mass is 10.1. The summed E-state index contributed by atoms with van der Waals surface area (Å²) in [6, 6.07) is 6.50. The molecule has 3 nitrogen and oxygen atoms in total. The molecule has 0 aromatic heterocycles. The Morgan fingerprint density at radius 1 is 1.16 bits per heavy atom. The summed E-state index contributed by atoms with van der Waals surface area (Å²) in [5.41, 5.74) is 1.26. The van der Waals surface area contributed by atoms with Gasteiger partial charge in [0.15, 0.2) is 11.5 Å². The standard InChI is InChI=1S/C16H27NO2/c1-6-13-8-9-15(16(10-13)18-5)19-11-14(12(3)4)17-7-2/h8-10,12,14,17H,6-7,11H2,1-5H3. The van der Waals surface area contributed by atoms with Gasteiger partial charge in [-0.25, -0.2) is 0 Å². The highest BCUT2D eigenvalue weighted by atomic mass is 16.5. The fourth-order valence-electron chi connectivity index (χ4n) is 1.98. The summed E-state index contributed by atoms with van der Waals surface area (Å²) in [7, 11) is 1.69. The van der Waals surface area contributed by atoms with E-state index in [1.54, 1.807) is 7.11 Å². The van der Waals surface area contributed by atoms with Crippen molar-refractivity contribution in [3.63, 3.8) is 0 Å². The van der Waals surface area contributed by atoms with Gasteiger partial charge in [0.05, 0.1) is 7.11 Å². The normalized spacial score (nSPS) is 12.5. The number of benzene rings is 1. The predicted octanol–water partition coefficient (Wildman–Crippen LogP) is 3.27. The third kappa shape index (κ3) is 4.75. The highest BCUT2D eigenvalue weighted by Gasteiger charge is 2.14. The average molecular weight is 265 g/mol. The number of aryl methyl sites for hydroxylation is 1. The fourth-order valence-corrected chi connectivity index (χ4v) is 1.98. The van der Waals surface area contributed by atoms with Crippen LogP contribution >= 0.6 is 0 Å². The van der Waals surface area contributed by atoms with Crippen LogP contribution in [-0.2, 0) is 6.42 Å². The molecular formula is C16H27NO2. The van der Waals surface area contributed by atoms with Gasteiger partial charge in [0.1, 0.15) is 6.61 Å². The minimum atomic E-state index is 0.362. The van der Waals surface area contributed by atoms with Crippen LogP contribution in [0.3, 0.4) is 0 Å². The lowest BCUT2D eigenvalue weighted by Crippen LogP contribution is -2.38. The van der Waals surface area contributed by atoms with Crippen molar-refractivity contribution in [3.8, 4) is 11.5 Å². The molecule has 1 atom stereocenters. The summed E-state index contributed by atoms with van der Waals surface area (Å²) in [5.74, 6) is 2.18. The second-order valence-electron chi connectivity index (χ2n) is 5.06. The summed E-state index contributed by atoms with van der Waals surface area (Å²) >= 11 is 0. The number of likely N-dealkylation sites (N-methyl/N-ethyl adjacent to an activating group) is 1. The van der Waals surface area contributed by atoms with Crippen molar-refractivity contribution >= 4 is 0 Å². The van der Waals surface area contributed by atoms with Crippen LogP contribution in [0.4, 0.5) is 0 Å². The highest BCUT2D eigenvalue weighted by Crippen LogP contribution is 2.28. The molecule has 0 aliphatic heterocycles. The van der Waals surface area contributed by atoms with E-state index < -0.39 is 0 Å². The first-order chi connectivity index (χ1) is 9.12. The highest BCUT2D eigenvalue weighted by molar-refractivity contribution is 5.42. The van der Waals surface area contributed by atoms with E-state index in [1.165, 1.54) is 5.56 Å². The monoisotopic (exact) mass is 265 g/mol. The van der Waals surface area contributed by atoms with E-state index in [9.17, 15) is 0 Å². The molecule has 0 saturated carbocycles. The molecule has 1 rings (SSSR count). The first-order valence-corrected chi connectivity index (χ1v) is 7.15. The summed E-state index contributed by atoms with van der Waals surface area (Å²) in [6.45, 7) is 10.3. The van der Waals surface area contributed by atoms with Gasteiger partial charge in [-0.15, -0.1) is 0 Å². The van der Waals surface area contributed by atoms with Gasteiger partial charge in [0, 0.05) is 6.04 Å². The summed E-state index contributed by atoms with van der Waals surface area (Å²) < 4.78 is 11.3. The fraction of sp³-hybridized carbons (Fsp3) is 0.625. The minimum absolute atomic E-state index is 0.362. The number of hydrogen-bond acceptors (Lipinski definition) is 3. The Morgan fingerprint density at radius 2 is 1.89 bits per heavy atom. The van der Waals surface area contributed by atoms with E-state index in [2.05, 4.69) is 39.1 Å². The van der Waals surface area contributed by atoms with Crippen molar-refractivity contribution in [3.05, 3.63) is 23.8 Å². The number of ether oxygens (including phenoxy) is 2. The van der Waals surface area contributed by atoms with Crippen LogP contribution in [0.5, 0.6) is 11.5 Å². The molecule has 0 bridgehead atoms. The second-order valence-corrected chi connectivity index (χ2v) is 5.06. The molecule has 0 aliphatic rings. The average Bonchev–Trinajstić information content (AvgIpc) is 2.42. The smallest absolute Gasteiger partial charge is 0.161 e. The van der Waals surface area contributed by atoms with Crippen molar-refractivity contribution < 1.29 is 9.47 Å². The van der Waals surface area contributed by atoms with Crippen molar-refractivity contribution in [1.82, 2.24) is 5.32 Å². The van der Waals surface area contributed by atoms with Crippen molar-refractivity contribution in [2.45, 2.75) is 40.2 Å². The molecule has 1 aromatic carbocycles. The zero-order valence-corrected chi connectivity index (χ0v) is 12.8. The van der Waals surface area contributed by atoms with Crippen LogP contribution in [-0.4, -0.2) is 26.3 Å². The molecular weight excluding hydrogens is 238 g/mol. The first kappa shape index (κ1) is 15.8. The molecule has 1 aromatic rings. The van der Waals surface area contributed by atoms with E-state index in [1.807, 2.05) is 12.1 Å². The molecule has 0 fully saturated rings. The number of rotatable bonds is 8. The minimum Gasteiger partial charge on any atom is -0.493 e. The van der Waals surface area contributed by atoms with Gasteiger partial charge in [-0.05, 0) is 36.6 Å². The Kier molecular flexibility index (Phi) is 6.71. The van der Waals surface area contributed by atoms with Crippen LogP contribution in [0, 0.1) is 5.92 Å². The van der Waals surface area contributed by atoms with E-state index in [-0.39, 0.29) is 0 Å². The third-order valence-corrected chi connectivity index (χ3v) is 3.33. The maximum absolute atomic E-state index is 5.92. The Hall–Kier alpha value is -1.22. The third-order valence-electron chi connectivity index (χ3n) is 3.33. The van der Waals surface area contributed by atoms with Crippen molar-refractivity contribution in [2.24, 2.45) is 5.92 Å². The molecule has 0 radical (unpaired) electrons. The van der Waals surface area contributed by atoms with Crippen LogP contribution in [0.2, 0.25) is 0 Å². The van der Waals surface area contributed by atoms with Gasteiger partial charge in [-0.2, -0.15) is 0 Å². The molecule has 108 valence electrons. The molecule has 0 aliphatic carbocycles. The van der Waals surface area contributed by atoms with Crippen molar-refractivity contribution in [2.75, 3.05) is 20.3 Å². The molecule has 3 heteroatoms. The van der Waals surface area contributed by atoms with E-state index in [0.29, 0.717) is 18.6 Å². The van der Waals surface area contributed by atoms with Crippen molar-refractivity contribution in [1.29, 1.82) is 0 Å². The number of nitrogens with one attached hydrogen (secondary N) is 1. The Morgan fingerprint density at radius 3 is 2.42 bits per heavy atom. The van der Waals surface area contributed by atoms with E-state index in [0.717, 1.165) is 24.5 Å². The van der Waals surface area contributed by atoms with Gasteiger partial charge < -0.3 is 14.8 Å². The SMILES string of the molecule is CCNC(COc1ccc(CC)cc1OC)C(C)C. The predicted molar refractivity (Wildman–Crippen MR) is 80.2 cm³/mol. The Bertz CT molecular complexity index is 377. The van der Waals surface area contributed by atoms with Crippen LogP contribution in [0.25, 0.3) is 0 Å². The Balaban J connectivity index is 2.70. The molecule has 1 unspecified atom stereocenters. The quantitative estimate of drug-likeness (QED) is 0.782. The zero-order chi connectivity index (χ0) is 14.3. The summed E-state index contributed by atoms with van der Waals surface area (Å²) in [4.78, 5) is 0. The summed E-state index contributed by atoms with van der Waals surface area (Å²) in [6.07, 6.45) is 1.00. The largest absolute Gasteiger partial charge is 0.493 e. The molecule has 0 saturated heterocycles. The number of hydrogen-bond donors (Lipinski definition) is 1. The molecule has 0 spiro atoms. The molecule has 0 amide bonds. The maximum Gasteiger partial charge on any atom is 0.161 e. The van der Waals surface area contributed by atoms with Gasteiger partial charge in [-0.3, -0.25) is 0 Å². The van der Waals surface area contributed by atoms with Crippen LogP contribution in [0.1, 0.15) is 33.3 Å². The maximum atomic E-state index is 5.92. The van der Waals surface area contributed by atoms with E-state index >= 15 is 0 Å². The second kappa shape index (κ2) is 8.05. The van der Waals surface area contributed by atoms with Gasteiger partial charge in [0.2, 0.25) is 0 Å². The topological polar surface area (TPSA) is 30.5 Å². The van der Waals surface area contributed by atoms with Gasteiger partial charge in [-0.1, -0.05) is 33.8 Å². The molecule has 1 N–H and O–H groups in total. The first-order valence-electron chi connectivity index (χ1n) is 7.15. The zero-order valence-electron chi connectivity index (χ0n) is 12.8. The Labute approximate surface area is 117 Å². The number of methoxy groups -OCH3 is 1. The van der Waals surface area contributed by atoms with Gasteiger partial charge in [0.25, 0.3) is 0 Å².